The number of carbonyl (C=O) groups excluding carboxylic acids is 5. The molecule has 4 fully saturated rings. The molecule has 1 atom stereocenters. The van der Waals surface area contributed by atoms with E-state index < -0.39 is 23.8 Å². The van der Waals surface area contributed by atoms with Gasteiger partial charge in [0.15, 0.2) is 0 Å². The summed E-state index contributed by atoms with van der Waals surface area (Å²) in [7, 11) is 0. The van der Waals surface area contributed by atoms with Crippen molar-refractivity contribution in [1.29, 1.82) is 0 Å². The molecule has 2 aromatic rings. The molecule has 7 rings (SSSR count). The average molecular weight is 669 g/mol. The van der Waals surface area contributed by atoms with E-state index in [0.29, 0.717) is 22.6 Å². The molecular weight excluding hydrogens is 620 g/mol. The van der Waals surface area contributed by atoms with E-state index in [1.54, 1.807) is 12.1 Å². The first-order chi connectivity index (χ1) is 23.3. The first-order valence-corrected chi connectivity index (χ1v) is 17.8. The minimum absolute atomic E-state index is 0.000738. The number of hydrogen-bond acceptors (Lipinski definition) is 8. The molecule has 11 nitrogen and oxygen atoms in total. The molecule has 2 aromatic carbocycles. The van der Waals surface area contributed by atoms with Crippen molar-refractivity contribution in [2.45, 2.75) is 71.9 Å². The number of hydrogen-bond donors (Lipinski definition) is 2. The van der Waals surface area contributed by atoms with Crippen molar-refractivity contribution in [3.63, 3.8) is 0 Å². The summed E-state index contributed by atoms with van der Waals surface area (Å²) in [5.41, 5.74) is 3.52. The second-order valence-corrected chi connectivity index (χ2v) is 16.0. The van der Waals surface area contributed by atoms with Crippen LogP contribution in [-0.4, -0.2) is 97.2 Å². The number of anilines is 2. The van der Waals surface area contributed by atoms with Gasteiger partial charge in [0.25, 0.3) is 17.7 Å². The lowest BCUT2D eigenvalue weighted by Crippen LogP contribution is -2.63. The number of piperidine rings is 2. The number of imide groups is 2. The van der Waals surface area contributed by atoms with E-state index in [9.17, 15) is 24.0 Å². The van der Waals surface area contributed by atoms with Crippen LogP contribution in [0.2, 0.25) is 0 Å². The zero-order chi connectivity index (χ0) is 34.7. The van der Waals surface area contributed by atoms with Gasteiger partial charge >= 0.3 is 0 Å². The highest BCUT2D eigenvalue weighted by molar-refractivity contribution is 6.25. The van der Waals surface area contributed by atoms with Gasteiger partial charge in [-0.1, -0.05) is 33.8 Å². The molecule has 3 saturated heterocycles. The van der Waals surface area contributed by atoms with Gasteiger partial charge in [-0.3, -0.25) is 39.1 Å². The van der Waals surface area contributed by atoms with Gasteiger partial charge in [-0.2, -0.15) is 0 Å². The fourth-order valence-corrected chi connectivity index (χ4v) is 9.40. The lowest BCUT2D eigenvalue weighted by atomic mass is 9.52. The Morgan fingerprint density at radius 3 is 2.12 bits per heavy atom. The van der Waals surface area contributed by atoms with Crippen LogP contribution < -0.4 is 20.4 Å². The highest BCUT2D eigenvalue weighted by atomic mass is 16.2. The number of rotatable bonds is 7. The fourth-order valence-electron chi connectivity index (χ4n) is 9.40. The smallest absolute Gasteiger partial charge is 0.264 e. The van der Waals surface area contributed by atoms with Gasteiger partial charge in [0.05, 0.1) is 16.8 Å². The Morgan fingerprint density at radius 2 is 1.49 bits per heavy atom. The molecular formula is C38H48N6O5. The fraction of sp³-hybridized carbons (Fsp3) is 0.553. The van der Waals surface area contributed by atoms with E-state index in [2.05, 4.69) is 65.2 Å². The van der Waals surface area contributed by atoms with Gasteiger partial charge in [0.2, 0.25) is 11.8 Å². The van der Waals surface area contributed by atoms with Gasteiger partial charge < -0.3 is 15.1 Å². The molecule has 0 radical (unpaired) electrons. The van der Waals surface area contributed by atoms with Crippen LogP contribution in [0.5, 0.6) is 0 Å². The Balaban J connectivity index is 0.895. The number of piperazine rings is 1. The van der Waals surface area contributed by atoms with E-state index in [0.717, 1.165) is 81.4 Å². The Hall–Kier alpha value is -4.25. The molecule has 0 aromatic heterocycles. The predicted molar refractivity (Wildman–Crippen MR) is 187 cm³/mol. The van der Waals surface area contributed by atoms with Crippen LogP contribution in [0.4, 0.5) is 11.4 Å². The highest BCUT2D eigenvalue weighted by Crippen LogP contribution is 2.53. The second kappa shape index (κ2) is 12.6. The number of nitrogens with one attached hydrogen (secondary N) is 2. The third-order valence-corrected chi connectivity index (χ3v) is 11.5. The van der Waals surface area contributed by atoms with Gasteiger partial charge in [-0.05, 0) is 78.8 Å². The third kappa shape index (κ3) is 6.22. The van der Waals surface area contributed by atoms with Crippen LogP contribution in [0.3, 0.4) is 0 Å². The Bertz CT molecular complexity index is 1660. The first-order valence-electron chi connectivity index (χ1n) is 17.8. The normalized spacial score (nSPS) is 24.5. The van der Waals surface area contributed by atoms with E-state index in [4.69, 9.17) is 0 Å². The zero-order valence-electron chi connectivity index (χ0n) is 29.1. The average Bonchev–Trinajstić information content (AvgIpc) is 3.33. The largest absolute Gasteiger partial charge is 0.371 e. The molecule has 0 spiro atoms. The van der Waals surface area contributed by atoms with Crippen LogP contribution >= 0.6 is 0 Å². The van der Waals surface area contributed by atoms with Crippen molar-refractivity contribution in [1.82, 2.24) is 20.4 Å². The summed E-state index contributed by atoms with van der Waals surface area (Å²) in [6, 6.07) is 12.6. The van der Waals surface area contributed by atoms with Crippen LogP contribution in [-0.2, 0) is 9.59 Å². The van der Waals surface area contributed by atoms with Crippen molar-refractivity contribution in [2.24, 2.45) is 16.7 Å². The van der Waals surface area contributed by atoms with Crippen molar-refractivity contribution in [3.8, 4) is 0 Å². The summed E-state index contributed by atoms with van der Waals surface area (Å²) < 4.78 is 0. The minimum atomic E-state index is -0.965. The molecule has 11 heteroatoms. The van der Waals surface area contributed by atoms with Crippen LogP contribution in [0.25, 0.3) is 0 Å². The van der Waals surface area contributed by atoms with Crippen LogP contribution in [0.15, 0.2) is 42.5 Å². The Labute approximate surface area is 288 Å². The Morgan fingerprint density at radius 1 is 0.816 bits per heavy atom. The summed E-state index contributed by atoms with van der Waals surface area (Å²) >= 11 is 0. The van der Waals surface area contributed by atoms with Crippen LogP contribution in [0, 0.1) is 16.7 Å². The molecule has 2 N–H and O–H groups in total. The van der Waals surface area contributed by atoms with Crippen LogP contribution in [0.1, 0.15) is 90.9 Å². The van der Waals surface area contributed by atoms with Gasteiger partial charge in [0, 0.05) is 69.5 Å². The maximum absolute atomic E-state index is 13.6. The second-order valence-electron chi connectivity index (χ2n) is 16.0. The van der Waals surface area contributed by atoms with Gasteiger partial charge in [-0.25, -0.2) is 0 Å². The lowest BCUT2D eigenvalue weighted by Gasteiger charge is -2.57. The SMILES string of the molecule is CC1(C)CC(C)(C)C1NC(=O)c1ccc(N2CCN(CC3CCN(c4cccc5c4C(=O)N(C4CCC(=O)NC4=O)C5=O)CC3)CC2)cc1. The van der Waals surface area contributed by atoms with E-state index in [1.165, 1.54) is 0 Å². The number of nitrogens with zero attached hydrogens (tertiary/aromatic N) is 4. The molecule has 49 heavy (non-hydrogen) atoms. The summed E-state index contributed by atoms with van der Waals surface area (Å²) in [5.74, 6) is -1.36. The van der Waals surface area contributed by atoms with Crippen molar-refractivity contribution >= 4 is 40.9 Å². The molecule has 5 aliphatic rings. The van der Waals surface area contributed by atoms with Crippen molar-refractivity contribution < 1.29 is 24.0 Å². The number of amides is 5. The maximum Gasteiger partial charge on any atom is 0.264 e. The van der Waals surface area contributed by atoms with E-state index in [1.807, 2.05) is 18.2 Å². The quantitative estimate of drug-likeness (QED) is 0.429. The third-order valence-electron chi connectivity index (χ3n) is 11.5. The van der Waals surface area contributed by atoms with Gasteiger partial charge in [-0.15, -0.1) is 0 Å². The lowest BCUT2D eigenvalue weighted by molar-refractivity contribution is -0.136. The molecule has 260 valence electrons. The monoisotopic (exact) mass is 668 g/mol. The summed E-state index contributed by atoms with van der Waals surface area (Å²) in [5, 5.41) is 5.55. The van der Waals surface area contributed by atoms with E-state index in [-0.39, 0.29) is 41.5 Å². The molecule has 5 amide bonds. The number of fused-ring (bicyclic) bond motifs is 1. The zero-order valence-corrected chi connectivity index (χ0v) is 29.1. The molecule has 0 bridgehead atoms. The topological polar surface area (TPSA) is 122 Å². The van der Waals surface area contributed by atoms with Gasteiger partial charge in [0.1, 0.15) is 6.04 Å². The highest BCUT2D eigenvalue weighted by Gasteiger charge is 2.53. The summed E-state index contributed by atoms with van der Waals surface area (Å²) in [6.07, 6.45) is 3.33. The maximum atomic E-state index is 13.6. The molecule has 4 aliphatic heterocycles. The minimum Gasteiger partial charge on any atom is -0.371 e. The standard InChI is InChI=1S/C38H48N6O5/c1-37(2)23-38(3,4)36(37)40-32(46)25-8-10-26(11-9-25)42-20-18-41(19-21-42)22-24-14-16-43(17-15-24)28-7-5-6-27-31(28)35(49)44(34(27)48)29-12-13-30(45)39-33(29)47/h5-11,24,29,36H,12-23H2,1-4H3,(H,40,46)(H,39,45,47). The van der Waals surface area contributed by atoms with E-state index >= 15 is 0 Å². The number of benzene rings is 2. The van der Waals surface area contributed by atoms with Crippen molar-refractivity contribution in [3.05, 3.63) is 59.2 Å². The van der Waals surface area contributed by atoms with Crippen molar-refractivity contribution in [2.75, 3.05) is 55.6 Å². The first kappa shape index (κ1) is 33.3. The molecule has 1 saturated carbocycles. The Kier molecular flexibility index (Phi) is 8.53. The molecule has 1 aliphatic carbocycles. The number of carbonyl (C=O) groups is 5. The molecule has 4 heterocycles. The predicted octanol–water partition coefficient (Wildman–Crippen LogP) is 3.68. The molecule has 1 unspecified atom stereocenters. The summed E-state index contributed by atoms with van der Waals surface area (Å²) in [4.78, 5) is 72.2. The summed E-state index contributed by atoms with van der Waals surface area (Å²) in [6.45, 7) is 15.3.